The lowest BCUT2D eigenvalue weighted by molar-refractivity contribution is 0.0474. The van der Waals surface area contributed by atoms with Crippen molar-refractivity contribution in [1.82, 2.24) is 9.80 Å². The summed E-state index contributed by atoms with van der Waals surface area (Å²) in [5, 5.41) is 0. The molecule has 4 rings (SSSR count). The third kappa shape index (κ3) is 3.67. The Bertz CT molecular complexity index is 728. The Balaban J connectivity index is 1.64. The van der Waals surface area contributed by atoms with Gasteiger partial charge >= 0.3 is 0 Å². The minimum Gasteiger partial charge on any atom is -0.288 e. The molecule has 138 valence electrons. The van der Waals surface area contributed by atoms with Crippen LogP contribution in [0.25, 0.3) is 0 Å². The van der Waals surface area contributed by atoms with Crippen LogP contribution in [0.2, 0.25) is 0 Å². The van der Waals surface area contributed by atoms with Crippen LogP contribution in [0, 0.1) is 11.6 Å². The molecule has 0 N–H and O–H groups in total. The standard InChI is InChI=1S/C22H26F2N2/c23-18-10-11-20(24)19(16-18)21-9-6-14-26(21)22(25-12-4-5-13-25)15-17-7-2-1-3-8-17/h1-3,7-8,10-11,16,21-22H,4-6,9,12-15H2/t21-,22+/m1/s1. The Hall–Kier alpha value is -1.78. The van der Waals surface area contributed by atoms with E-state index in [0.717, 1.165) is 38.9 Å². The highest BCUT2D eigenvalue weighted by molar-refractivity contribution is 5.24. The number of benzene rings is 2. The second-order valence-electron chi connectivity index (χ2n) is 7.48. The molecule has 2 fully saturated rings. The van der Waals surface area contributed by atoms with Crippen molar-refractivity contribution in [2.75, 3.05) is 19.6 Å². The van der Waals surface area contributed by atoms with Gasteiger partial charge < -0.3 is 0 Å². The van der Waals surface area contributed by atoms with Crippen molar-refractivity contribution < 1.29 is 8.78 Å². The van der Waals surface area contributed by atoms with Crippen molar-refractivity contribution in [2.45, 2.75) is 44.3 Å². The minimum atomic E-state index is -0.353. The Morgan fingerprint density at radius 1 is 0.923 bits per heavy atom. The first-order valence-corrected chi connectivity index (χ1v) is 9.71. The van der Waals surface area contributed by atoms with E-state index in [1.165, 1.54) is 36.6 Å². The lowest BCUT2D eigenvalue weighted by Gasteiger charge is -2.39. The number of halogens is 2. The van der Waals surface area contributed by atoms with Gasteiger partial charge in [0.1, 0.15) is 11.6 Å². The molecule has 0 bridgehead atoms. The van der Waals surface area contributed by atoms with E-state index in [1.807, 2.05) is 6.07 Å². The molecule has 2 aliphatic heterocycles. The van der Waals surface area contributed by atoms with Crippen molar-refractivity contribution in [2.24, 2.45) is 0 Å². The fourth-order valence-electron chi connectivity index (χ4n) is 4.57. The smallest absolute Gasteiger partial charge is 0.128 e. The highest BCUT2D eigenvalue weighted by Gasteiger charge is 2.37. The average Bonchev–Trinajstić information content (AvgIpc) is 3.34. The summed E-state index contributed by atoms with van der Waals surface area (Å²) >= 11 is 0. The molecular formula is C22H26F2N2. The predicted molar refractivity (Wildman–Crippen MR) is 99.8 cm³/mol. The number of nitrogens with zero attached hydrogens (tertiary/aromatic N) is 2. The summed E-state index contributed by atoms with van der Waals surface area (Å²) in [5.41, 5.74) is 1.81. The minimum absolute atomic E-state index is 0.0417. The maximum atomic E-state index is 14.5. The number of likely N-dealkylation sites (tertiary alicyclic amines) is 2. The first kappa shape index (κ1) is 17.6. The number of rotatable bonds is 5. The van der Waals surface area contributed by atoms with Crippen LogP contribution < -0.4 is 0 Å². The molecule has 26 heavy (non-hydrogen) atoms. The Morgan fingerprint density at radius 2 is 1.69 bits per heavy atom. The molecule has 0 spiro atoms. The average molecular weight is 356 g/mol. The molecule has 2 atom stereocenters. The van der Waals surface area contributed by atoms with Crippen LogP contribution in [0.15, 0.2) is 48.5 Å². The van der Waals surface area contributed by atoms with Crippen molar-refractivity contribution in [3.63, 3.8) is 0 Å². The quantitative estimate of drug-likeness (QED) is 0.762. The van der Waals surface area contributed by atoms with Gasteiger partial charge in [-0.2, -0.15) is 0 Å². The van der Waals surface area contributed by atoms with E-state index < -0.39 is 0 Å². The van der Waals surface area contributed by atoms with Gasteiger partial charge in [0.15, 0.2) is 0 Å². The van der Waals surface area contributed by atoms with Gasteiger partial charge in [0, 0.05) is 24.6 Å². The lowest BCUT2D eigenvalue weighted by Crippen LogP contribution is -2.48. The molecule has 0 radical (unpaired) electrons. The van der Waals surface area contributed by atoms with Gasteiger partial charge in [0.05, 0.1) is 6.17 Å². The van der Waals surface area contributed by atoms with Crippen LogP contribution >= 0.6 is 0 Å². The zero-order valence-corrected chi connectivity index (χ0v) is 15.1. The maximum Gasteiger partial charge on any atom is 0.128 e. The summed E-state index contributed by atoms with van der Waals surface area (Å²) in [4.78, 5) is 4.94. The van der Waals surface area contributed by atoms with E-state index in [2.05, 4.69) is 34.1 Å². The van der Waals surface area contributed by atoms with E-state index >= 15 is 0 Å². The molecule has 0 saturated carbocycles. The molecule has 0 aromatic heterocycles. The fourth-order valence-corrected chi connectivity index (χ4v) is 4.57. The van der Waals surface area contributed by atoms with Crippen molar-refractivity contribution >= 4 is 0 Å². The molecule has 2 nitrogen and oxygen atoms in total. The first-order valence-electron chi connectivity index (χ1n) is 9.71. The molecule has 2 heterocycles. The summed E-state index contributed by atoms with van der Waals surface area (Å²) in [5.74, 6) is -0.641. The van der Waals surface area contributed by atoms with Gasteiger partial charge in [0.25, 0.3) is 0 Å². The molecular weight excluding hydrogens is 330 g/mol. The van der Waals surface area contributed by atoms with Crippen LogP contribution in [0.1, 0.15) is 42.9 Å². The Kier molecular flexibility index (Phi) is 5.32. The normalized spacial score (nSPS) is 22.8. The largest absolute Gasteiger partial charge is 0.288 e. The summed E-state index contributed by atoms with van der Waals surface area (Å²) in [6.45, 7) is 3.12. The van der Waals surface area contributed by atoms with Crippen molar-refractivity contribution in [1.29, 1.82) is 0 Å². The maximum absolute atomic E-state index is 14.5. The Labute approximate surface area is 154 Å². The Morgan fingerprint density at radius 3 is 2.46 bits per heavy atom. The zero-order valence-electron chi connectivity index (χ0n) is 15.1. The van der Waals surface area contributed by atoms with Crippen LogP contribution in [0.3, 0.4) is 0 Å². The topological polar surface area (TPSA) is 6.48 Å². The summed E-state index contributed by atoms with van der Waals surface area (Å²) in [7, 11) is 0. The molecule has 2 saturated heterocycles. The molecule has 0 amide bonds. The highest BCUT2D eigenvalue weighted by atomic mass is 19.1. The van der Waals surface area contributed by atoms with Crippen LogP contribution in [0.5, 0.6) is 0 Å². The number of hydrogen-bond donors (Lipinski definition) is 0. The monoisotopic (exact) mass is 356 g/mol. The van der Waals surface area contributed by atoms with E-state index in [1.54, 1.807) is 0 Å². The van der Waals surface area contributed by atoms with E-state index in [9.17, 15) is 8.78 Å². The molecule has 2 aliphatic rings. The summed E-state index contributed by atoms with van der Waals surface area (Å²) in [6, 6.07) is 14.3. The van der Waals surface area contributed by atoms with E-state index in [-0.39, 0.29) is 23.8 Å². The van der Waals surface area contributed by atoms with Crippen molar-refractivity contribution in [3.05, 3.63) is 71.3 Å². The van der Waals surface area contributed by atoms with Gasteiger partial charge in [-0.15, -0.1) is 0 Å². The second-order valence-corrected chi connectivity index (χ2v) is 7.48. The van der Waals surface area contributed by atoms with Crippen LogP contribution in [0.4, 0.5) is 8.78 Å². The third-order valence-electron chi connectivity index (χ3n) is 5.82. The molecule has 0 unspecified atom stereocenters. The lowest BCUT2D eigenvalue weighted by atomic mass is 10.0. The zero-order chi connectivity index (χ0) is 17.9. The van der Waals surface area contributed by atoms with E-state index in [4.69, 9.17) is 0 Å². The molecule has 4 heteroatoms. The van der Waals surface area contributed by atoms with Gasteiger partial charge in [-0.3, -0.25) is 9.80 Å². The summed E-state index contributed by atoms with van der Waals surface area (Å²) < 4.78 is 28.2. The van der Waals surface area contributed by atoms with Gasteiger partial charge in [0.2, 0.25) is 0 Å². The van der Waals surface area contributed by atoms with Gasteiger partial charge in [-0.1, -0.05) is 30.3 Å². The molecule has 2 aromatic carbocycles. The van der Waals surface area contributed by atoms with Crippen LogP contribution in [-0.4, -0.2) is 35.6 Å². The molecule has 2 aromatic rings. The van der Waals surface area contributed by atoms with Crippen molar-refractivity contribution in [3.8, 4) is 0 Å². The molecule has 0 aliphatic carbocycles. The summed E-state index contributed by atoms with van der Waals surface area (Å²) in [6.07, 6.45) is 5.53. The van der Waals surface area contributed by atoms with E-state index in [0.29, 0.717) is 5.56 Å². The highest BCUT2D eigenvalue weighted by Crippen LogP contribution is 2.37. The fraction of sp³-hybridized carbons (Fsp3) is 0.455. The predicted octanol–water partition coefficient (Wildman–Crippen LogP) is 4.77. The number of hydrogen-bond acceptors (Lipinski definition) is 2. The van der Waals surface area contributed by atoms with Gasteiger partial charge in [-0.05, 0) is 62.5 Å². The second kappa shape index (κ2) is 7.85. The van der Waals surface area contributed by atoms with Gasteiger partial charge in [-0.25, -0.2) is 8.78 Å². The first-order chi connectivity index (χ1) is 12.7. The third-order valence-corrected chi connectivity index (χ3v) is 5.82. The SMILES string of the molecule is Fc1ccc(F)c([C@H]2CCCN2[C@@H](Cc2ccccc2)N2CCCC2)c1. The van der Waals surface area contributed by atoms with Crippen LogP contribution in [-0.2, 0) is 6.42 Å².